The SMILES string of the molecule is CCN1CCC(N(C)c2c(F)cccc2CCN)CC1. The molecule has 1 heterocycles. The molecule has 0 saturated carbocycles. The third-order valence-corrected chi connectivity index (χ3v) is 4.39. The molecule has 0 aromatic heterocycles. The molecule has 0 amide bonds. The molecule has 20 heavy (non-hydrogen) atoms. The van der Waals surface area contributed by atoms with Crippen LogP contribution < -0.4 is 10.6 Å². The van der Waals surface area contributed by atoms with Crippen molar-refractivity contribution < 1.29 is 4.39 Å². The first-order valence-corrected chi connectivity index (χ1v) is 7.60. The minimum atomic E-state index is -0.128. The Morgan fingerprint density at radius 3 is 2.65 bits per heavy atom. The van der Waals surface area contributed by atoms with Gasteiger partial charge in [0.15, 0.2) is 0 Å². The number of rotatable bonds is 5. The standard InChI is InChI=1S/C16H26FN3/c1-3-20-11-8-14(9-12-20)19(2)16-13(7-10-18)5-4-6-15(16)17/h4-6,14H,3,7-12,18H2,1-2H3. The van der Waals surface area contributed by atoms with Crippen molar-refractivity contribution in [2.24, 2.45) is 5.73 Å². The zero-order valence-corrected chi connectivity index (χ0v) is 12.6. The summed E-state index contributed by atoms with van der Waals surface area (Å²) in [4.78, 5) is 4.58. The van der Waals surface area contributed by atoms with Crippen molar-refractivity contribution in [1.29, 1.82) is 0 Å². The molecule has 0 spiro atoms. The fourth-order valence-electron chi connectivity index (χ4n) is 3.12. The second kappa shape index (κ2) is 7.04. The fourth-order valence-corrected chi connectivity index (χ4v) is 3.12. The number of benzene rings is 1. The lowest BCUT2D eigenvalue weighted by molar-refractivity contribution is 0.220. The van der Waals surface area contributed by atoms with Gasteiger partial charge < -0.3 is 15.5 Å². The monoisotopic (exact) mass is 279 g/mol. The van der Waals surface area contributed by atoms with Gasteiger partial charge in [0.05, 0.1) is 5.69 Å². The zero-order valence-electron chi connectivity index (χ0n) is 12.6. The van der Waals surface area contributed by atoms with E-state index in [0.717, 1.165) is 50.1 Å². The minimum absolute atomic E-state index is 0.128. The van der Waals surface area contributed by atoms with E-state index in [1.54, 1.807) is 12.1 Å². The highest BCUT2D eigenvalue weighted by atomic mass is 19.1. The Hall–Kier alpha value is -1.13. The number of piperidine rings is 1. The molecule has 0 bridgehead atoms. The summed E-state index contributed by atoms with van der Waals surface area (Å²) in [5.41, 5.74) is 7.41. The Kier molecular flexibility index (Phi) is 5.38. The van der Waals surface area contributed by atoms with Gasteiger partial charge in [0.25, 0.3) is 0 Å². The van der Waals surface area contributed by atoms with Crippen LogP contribution in [-0.4, -0.2) is 44.2 Å². The van der Waals surface area contributed by atoms with Gasteiger partial charge in [-0.2, -0.15) is 0 Å². The Balaban J connectivity index is 2.14. The lowest BCUT2D eigenvalue weighted by atomic mass is 10.0. The smallest absolute Gasteiger partial charge is 0.146 e. The Bertz CT molecular complexity index is 428. The van der Waals surface area contributed by atoms with Crippen molar-refractivity contribution in [2.45, 2.75) is 32.2 Å². The maximum atomic E-state index is 14.2. The van der Waals surface area contributed by atoms with Crippen molar-refractivity contribution >= 4 is 5.69 Å². The summed E-state index contributed by atoms with van der Waals surface area (Å²) in [5.74, 6) is -0.128. The minimum Gasteiger partial charge on any atom is -0.369 e. The number of hydrogen-bond acceptors (Lipinski definition) is 3. The molecular weight excluding hydrogens is 253 g/mol. The third-order valence-electron chi connectivity index (χ3n) is 4.39. The molecule has 3 nitrogen and oxygen atoms in total. The molecule has 1 aromatic rings. The molecule has 2 N–H and O–H groups in total. The van der Waals surface area contributed by atoms with Crippen molar-refractivity contribution in [3.05, 3.63) is 29.6 Å². The molecule has 0 radical (unpaired) electrons. The van der Waals surface area contributed by atoms with Gasteiger partial charge in [0.1, 0.15) is 5.82 Å². The first-order chi connectivity index (χ1) is 9.67. The largest absolute Gasteiger partial charge is 0.369 e. The van der Waals surface area contributed by atoms with Crippen LogP contribution in [0.25, 0.3) is 0 Å². The molecule has 1 aliphatic heterocycles. The van der Waals surface area contributed by atoms with E-state index >= 15 is 0 Å². The topological polar surface area (TPSA) is 32.5 Å². The summed E-state index contributed by atoms with van der Waals surface area (Å²) in [6, 6.07) is 5.74. The zero-order chi connectivity index (χ0) is 14.5. The number of para-hydroxylation sites is 1. The number of nitrogens with zero attached hydrogens (tertiary/aromatic N) is 2. The van der Waals surface area contributed by atoms with E-state index in [9.17, 15) is 4.39 Å². The van der Waals surface area contributed by atoms with Crippen LogP contribution in [0.5, 0.6) is 0 Å². The van der Waals surface area contributed by atoms with Crippen LogP contribution in [0.15, 0.2) is 18.2 Å². The van der Waals surface area contributed by atoms with Crippen molar-refractivity contribution in [2.75, 3.05) is 38.1 Å². The highest BCUT2D eigenvalue weighted by Gasteiger charge is 2.24. The predicted octanol–water partition coefficient (Wildman–Crippen LogP) is 2.25. The Labute approximate surface area is 121 Å². The van der Waals surface area contributed by atoms with Gasteiger partial charge in [-0.15, -0.1) is 0 Å². The lowest BCUT2D eigenvalue weighted by Gasteiger charge is -2.38. The molecule has 1 saturated heterocycles. The summed E-state index contributed by atoms with van der Waals surface area (Å²) in [6.07, 6.45) is 2.92. The second-order valence-electron chi connectivity index (χ2n) is 5.56. The van der Waals surface area contributed by atoms with Crippen LogP contribution in [0.4, 0.5) is 10.1 Å². The number of anilines is 1. The molecule has 0 unspecified atom stereocenters. The fraction of sp³-hybridized carbons (Fsp3) is 0.625. The molecule has 1 aromatic carbocycles. The van der Waals surface area contributed by atoms with Crippen LogP contribution in [0.2, 0.25) is 0 Å². The van der Waals surface area contributed by atoms with Gasteiger partial charge in [-0.3, -0.25) is 0 Å². The lowest BCUT2D eigenvalue weighted by Crippen LogP contribution is -2.43. The molecule has 2 rings (SSSR count). The first-order valence-electron chi connectivity index (χ1n) is 7.60. The second-order valence-corrected chi connectivity index (χ2v) is 5.56. The summed E-state index contributed by atoms with van der Waals surface area (Å²) in [7, 11) is 2.02. The first kappa shape index (κ1) is 15.3. The van der Waals surface area contributed by atoms with Crippen LogP contribution in [-0.2, 0) is 6.42 Å². The summed E-state index contributed by atoms with van der Waals surface area (Å²) in [6.45, 7) is 6.06. The molecule has 0 atom stereocenters. The predicted molar refractivity (Wildman–Crippen MR) is 82.7 cm³/mol. The van der Waals surface area contributed by atoms with Gasteiger partial charge >= 0.3 is 0 Å². The molecule has 1 aliphatic rings. The maximum absolute atomic E-state index is 14.2. The van der Waals surface area contributed by atoms with Crippen molar-refractivity contribution in [3.8, 4) is 0 Å². The summed E-state index contributed by atoms with van der Waals surface area (Å²) in [5, 5.41) is 0. The van der Waals surface area contributed by atoms with Crippen molar-refractivity contribution in [1.82, 2.24) is 4.90 Å². The van der Waals surface area contributed by atoms with Crippen molar-refractivity contribution in [3.63, 3.8) is 0 Å². The summed E-state index contributed by atoms with van der Waals surface area (Å²) < 4.78 is 14.2. The average molecular weight is 279 g/mol. The van der Waals surface area contributed by atoms with Crippen LogP contribution >= 0.6 is 0 Å². The van der Waals surface area contributed by atoms with E-state index in [1.807, 2.05) is 13.1 Å². The van der Waals surface area contributed by atoms with Gasteiger partial charge in [-0.1, -0.05) is 19.1 Å². The van der Waals surface area contributed by atoms with Gasteiger partial charge in [0, 0.05) is 26.2 Å². The molecule has 1 fully saturated rings. The quantitative estimate of drug-likeness (QED) is 0.897. The number of halogens is 1. The normalized spacial score (nSPS) is 17.4. The maximum Gasteiger partial charge on any atom is 0.146 e. The number of nitrogens with two attached hydrogens (primary N) is 1. The molecular formula is C16H26FN3. The Morgan fingerprint density at radius 1 is 1.35 bits per heavy atom. The van der Waals surface area contributed by atoms with E-state index < -0.39 is 0 Å². The third kappa shape index (κ3) is 3.30. The molecule has 112 valence electrons. The Morgan fingerprint density at radius 2 is 2.05 bits per heavy atom. The van der Waals surface area contributed by atoms with E-state index in [4.69, 9.17) is 5.73 Å². The van der Waals surface area contributed by atoms with Gasteiger partial charge in [-0.05, 0) is 44.0 Å². The molecule has 4 heteroatoms. The molecule has 0 aliphatic carbocycles. The average Bonchev–Trinajstić information content (AvgIpc) is 2.47. The van der Waals surface area contributed by atoms with Crippen LogP contribution in [0.1, 0.15) is 25.3 Å². The highest BCUT2D eigenvalue weighted by Crippen LogP contribution is 2.28. The van der Waals surface area contributed by atoms with Crippen LogP contribution in [0.3, 0.4) is 0 Å². The van der Waals surface area contributed by atoms with Gasteiger partial charge in [-0.25, -0.2) is 4.39 Å². The summed E-state index contributed by atoms with van der Waals surface area (Å²) >= 11 is 0. The van der Waals surface area contributed by atoms with Crippen LogP contribution in [0, 0.1) is 5.82 Å². The highest BCUT2D eigenvalue weighted by molar-refractivity contribution is 5.55. The van der Waals surface area contributed by atoms with E-state index in [2.05, 4.69) is 16.7 Å². The number of hydrogen-bond donors (Lipinski definition) is 1. The van der Waals surface area contributed by atoms with E-state index in [-0.39, 0.29) is 5.82 Å². The number of likely N-dealkylation sites (tertiary alicyclic amines) is 1. The van der Waals surface area contributed by atoms with Gasteiger partial charge in [0.2, 0.25) is 0 Å². The van der Waals surface area contributed by atoms with E-state index in [1.165, 1.54) is 0 Å². The van der Waals surface area contributed by atoms with E-state index in [0.29, 0.717) is 12.6 Å².